The fraction of sp³-hybridized carbons (Fsp3) is 0.294. The second-order valence-corrected chi connectivity index (χ2v) is 9.79. The predicted octanol–water partition coefficient (Wildman–Crippen LogP) is 2.32. The lowest BCUT2D eigenvalue weighted by Crippen LogP contribution is -2.28. The Morgan fingerprint density at radius 2 is 1.46 bits per heavy atom. The van der Waals surface area contributed by atoms with Crippen molar-refractivity contribution in [1.29, 1.82) is 0 Å². The lowest BCUT2D eigenvalue weighted by molar-refractivity contribution is 0.296. The molecule has 142 valence electrons. The van der Waals surface area contributed by atoms with Crippen molar-refractivity contribution in [3.8, 4) is 5.75 Å². The van der Waals surface area contributed by atoms with E-state index in [4.69, 9.17) is 4.74 Å². The third-order valence-electron chi connectivity index (χ3n) is 3.66. The first-order valence-electron chi connectivity index (χ1n) is 7.75. The summed E-state index contributed by atoms with van der Waals surface area (Å²) in [5.74, 6) is 0.151. The molecule has 0 bridgehead atoms. The first-order valence-corrected chi connectivity index (χ1v) is 11.1. The molecule has 2 rings (SSSR count). The number of halogens is 1. The summed E-state index contributed by atoms with van der Waals surface area (Å²) < 4.78 is 67.3. The summed E-state index contributed by atoms with van der Waals surface area (Å²) in [6.45, 7) is 0.496. The van der Waals surface area contributed by atoms with Crippen molar-refractivity contribution in [2.45, 2.75) is 16.2 Å². The van der Waals surface area contributed by atoms with Crippen LogP contribution >= 0.6 is 0 Å². The minimum absolute atomic E-state index is 0.0202. The average Bonchev–Trinajstić information content (AvgIpc) is 2.59. The standard InChI is InChI=1S/C17H20FNO5S2/c1-19(12-3-13-24-15-6-4-14(18)5-7-15)26(22,23)17-10-8-16(9-11-17)25(2,20)21/h4-11H,3,12-13H2,1-2H3. The summed E-state index contributed by atoms with van der Waals surface area (Å²) in [6, 6.07) is 10.7. The number of benzene rings is 2. The maximum atomic E-state index is 12.8. The van der Waals surface area contributed by atoms with Gasteiger partial charge in [0.05, 0.1) is 16.4 Å². The van der Waals surface area contributed by atoms with Crippen molar-refractivity contribution in [2.24, 2.45) is 0 Å². The van der Waals surface area contributed by atoms with Crippen LogP contribution in [0.15, 0.2) is 58.3 Å². The topological polar surface area (TPSA) is 80.8 Å². The molecule has 0 amide bonds. The Balaban J connectivity index is 1.92. The molecular weight excluding hydrogens is 381 g/mol. The van der Waals surface area contributed by atoms with Crippen LogP contribution in [0.3, 0.4) is 0 Å². The van der Waals surface area contributed by atoms with Gasteiger partial charge in [0, 0.05) is 19.8 Å². The van der Waals surface area contributed by atoms with Crippen LogP contribution in [0, 0.1) is 5.82 Å². The van der Waals surface area contributed by atoms with Gasteiger partial charge in [-0.2, -0.15) is 0 Å². The average molecular weight is 401 g/mol. The smallest absolute Gasteiger partial charge is 0.242 e. The van der Waals surface area contributed by atoms with Crippen molar-refractivity contribution < 1.29 is 26.0 Å². The van der Waals surface area contributed by atoms with Gasteiger partial charge >= 0.3 is 0 Å². The Morgan fingerprint density at radius 3 is 2.00 bits per heavy atom. The van der Waals surface area contributed by atoms with Crippen LogP contribution in [-0.2, 0) is 19.9 Å². The predicted molar refractivity (Wildman–Crippen MR) is 95.9 cm³/mol. The van der Waals surface area contributed by atoms with Crippen molar-refractivity contribution >= 4 is 19.9 Å². The highest BCUT2D eigenvalue weighted by atomic mass is 32.2. The largest absolute Gasteiger partial charge is 0.494 e. The SMILES string of the molecule is CN(CCCOc1ccc(F)cc1)S(=O)(=O)c1ccc(S(C)(=O)=O)cc1. The Labute approximate surface area is 153 Å². The van der Waals surface area contributed by atoms with Gasteiger partial charge in [0.25, 0.3) is 0 Å². The first kappa shape index (κ1) is 20.3. The molecule has 0 aromatic heterocycles. The van der Waals surface area contributed by atoms with E-state index in [0.717, 1.165) is 6.26 Å². The molecule has 0 aliphatic heterocycles. The quantitative estimate of drug-likeness (QED) is 0.634. The maximum Gasteiger partial charge on any atom is 0.242 e. The lowest BCUT2D eigenvalue weighted by Gasteiger charge is -2.17. The molecule has 0 aliphatic carbocycles. The number of rotatable bonds is 8. The number of hydrogen-bond acceptors (Lipinski definition) is 5. The van der Waals surface area contributed by atoms with Crippen molar-refractivity contribution in [2.75, 3.05) is 26.5 Å². The molecule has 6 nitrogen and oxygen atoms in total. The molecule has 2 aromatic rings. The lowest BCUT2D eigenvalue weighted by atomic mass is 10.3. The van der Waals surface area contributed by atoms with Gasteiger partial charge in [-0.25, -0.2) is 25.5 Å². The molecule has 9 heteroatoms. The van der Waals surface area contributed by atoms with Crippen molar-refractivity contribution in [3.63, 3.8) is 0 Å². The first-order chi connectivity index (χ1) is 12.1. The summed E-state index contributed by atoms with van der Waals surface area (Å²) in [5, 5.41) is 0. The van der Waals surface area contributed by atoms with E-state index in [-0.39, 0.29) is 28.8 Å². The van der Waals surface area contributed by atoms with E-state index in [1.165, 1.54) is 59.9 Å². The minimum atomic E-state index is -3.72. The molecular formula is C17H20FNO5S2. The summed E-state index contributed by atoms with van der Waals surface area (Å²) >= 11 is 0. The molecule has 0 aliphatic rings. The van der Waals surface area contributed by atoms with Gasteiger partial charge in [0.1, 0.15) is 11.6 Å². The van der Waals surface area contributed by atoms with Crippen LogP contribution in [0.1, 0.15) is 6.42 Å². The third kappa shape index (κ3) is 5.26. The normalized spacial score (nSPS) is 12.3. The highest BCUT2D eigenvalue weighted by Crippen LogP contribution is 2.18. The summed E-state index contributed by atoms with van der Waals surface area (Å²) in [5.41, 5.74) is 0. The third-order valence-corrected chi connectivity index (χ3v) is 6.66. The molecule has 26 heavy (non-hydrogen) atoms. The van der Waals surface area contributed by atoms with E-state index in [2.05, 4.69) is 0 Å². The molecule has 2 aromatic carbocycles. The summed E-state index contributed by atoms with van der Waals surface area (Å²) in [6.07, 6.45) is 1.50. The Bertz CT molecular complexity index is 940. The zero-order valence-electron chi connectivity index (χ0n) is 14.4. The summed E-state index contributed by atoms with van der Waals surface area (Å²) in [7, 11) is -5.66. The second kappa shape index (κ2) is 8.15. The van der Waals surface area contributed by atoms with E-state index in [1.807, 2.05) is 0 Å². The van der Waals surface area contributed by atoms with E-state index in [0.29, 0.717) is 12.2 Å². The highest BCUT2D eigenvalue weighted by molar-refractivity contribution is 7.90. The van der Waals surface area contributed by atoms with Gasteiger partial charge in [-0.1, -0.05) is 0 Å². The van der Waals surface area contributed by atoms with Gasteiger partial charge in [-0.05, 0) is 55.0 Å². The molecule has 0 unspecified atom stereocenters. The fourth-order valence-corrected chi connectivity index (χ4v) is 4.01. The van der Waals surface area contributed by atoms with Crippen LogP contribution in [0.25, 0.3) is 0 Å². The number of nitrogens with zero attached hydrogens (tertiary/aromatic N) is 1. The molecule has 0 N–H and O–H groups in total. The van der Waals surface area contributed by atoms with Crippen molar-refractivity contribution in [1.82, 2.24) is 4.31 Å². The van der Waals surface area contributed by atoms with Gasteiger partial charge in [0.15, 0.2) is 9.84 Å². The highest BCUT2D eigenvalue weighted by Gasteiger charge is 2.21. The van der Waals surface area contributed by atoms with Gasteiger partial charge in [-0.15, -0.1) is 0 Å². The van der Waals surface area contributed by atoms with E-state index in [9.17, 15) is 21.2 Å². The minimum Gasteiger partial charge on any atom is -0.494 e. The van der Waals surface area contributed by atoms with Crippen LogP contribution in [0.5, 0.6) is 5.75 Å². The van der Waals surface area contributed by atoms with Crippen LogP contribution in [0.4, 0.5) is 4.39 Å². The number of sulfone groups is 1. The monoisotopic (exact) mass is 401 g/mol. The Kier molecular flexibility index (Phi) is 6.38. The molecule has 0 heterocycles. The number of hydrogen-bond donors (Lipinski definition) is 0. The van der Waals surface area contributed by atoms with Gasteiger partial charge in [0.2, 0.25) is 10.0 Å². The van der Waals surface area contributed by atoms with Crippen LogP contribution in [0.2, 0.25) is 0 Å². The molecule has 0 saturated heterocycles. The maximum absolute atomic E-state index is 12.8. The molecule has 0 atom stereocenters. The fourth-order valence-electron chi connectivity index (χ4n) is 2.17. The molecule has 0 fully saturated rings. The molecule has 0 radical (unpaired) electrons. The van der Waals surface area contributed by atoms with Gasteiger partial charge < -0.3 is 4.74 Å². The molecule has 0 saturated carbocycles. The zero-order chi connectivity index (χ0) is 19.4. The summed E-state index contributed by atoms with van der Waals surface area (Å²) in [4.78, 5) is 0.0821. The van der Waals surface area contributed by atoms with E-state index >= 15 is 0 Å². The number of sulfonamides is 1. The zero-order valence-corrected chi connectivity index (χ0v) is 16.1. The number of ether oxygens (including phenoxy) is 1. The van der Waals surface area contributed by atoms with Crippen molar-refractivity contribution in [3.05, 3.63) is 54.3 Å². The van der Waals surface area contributed by atoms with Gasteiger partial charge in [-0.3, -0.25) is 0 Å². The van der Waals surface area contributed by atoms with E-state index in [1.54, 1.807) is 0 Å². The second-order valence-electron chi connectivity index (χ2n) is 5.73. The van der Waals surface area contributed by atoms with E-state index < -0.39 is 19.9 Å². The van der Waals surface area contributed by atoms with Crippen LogP contribution < -0.4 is 4.74 Å². The van der Waals surface area contributed by atoms with Crippen LogP contribution in [-0.4, -0.2) is 47.6 Å². The molecule has 0 spiro atoms. The Hall–Kier alpha value is -1.97. The Morgan fingerprint density at radius 1 is 0.923 bits per heavy atom.